The van der Waals surface area contributed by atoms with Crippen LogP contribution < -0.4 is 15.5 Å². The molecule has 1 heterocycles. The first-order valence-electron chi connectivity index (χ1n) is 8.83. The number of guanidine groups is 1. The fourth-order valence-electron chi connectivity index (χ4n) is 2.82. The predicted octanol–water partition coefficient (Wildman–Crippen LogP) is 3.49. The molecule has 1 aromatic rings. The maximum absolute atomic E-state index is 5.36. The number of nitrogens with zero attached hydrogens (tertiary/aromatic N) is 2. The molecule has 0 spiro atoms. The molecule has 142 valence electrons. The second-order valence-electron chi connectivity index (χ2n) is 5.92. The van der Waals surface area contributed by atoms with Crippen molar-refractivity contribution in [2.24, 2.45) is 10.9 Å². The molecule has 1 fully saturated rings. The quantitative estimate of drug-likeness (QED) is 0.236. The van der Waals surface area contributed by atoms with E-state index in [1.807, 2.05) is 6.92 Å². The number of halogens is 2. The lowest BCUT2D eigenvalue weighted by Crippen LogP contribution is -2.39. The van der Waals surface area contributed by atoms with Crippen molar-refractivity contribution in [3.63, 3.8) is 0 Å². The summed E-state index contributed by atoms with van der Waals surface area (Å²) in [4.78, 5) is 7.19. The fraction of sp³-hybridized carbons (Fsp3) is 0.611. The van der Waals surface area contributed by atoms with Crippen molar-refractivity contribution in [1.82, 2.24) is 10.6 Å². The molecule has 0 saturated carbocycles. The highest BCUT2D eigenvalue weighted by Gasteiger charge is 2.22. The van der Waals surface area contributed by atoms with Crippen LogP contribution in [0.1, 0.15) is 20.3 Å². The van der Waals surface area contributed by atoms with Gasteiger partial charge in [0.2, 0.25) is 0 Å². The smallest absolute Gasteiger partial charge is 0.191 e. The normalized spacial score (nSPS) is 17.3. The van der Waals surface area contributed by atoms with Crippen LogP contribution >= 0.6 is 39.9 Å². The van der Waals surface area contributed by atoms with Crippen LogP contribution in [0.25, 0.3) is 0 Å². The Kier molecular flexibility index (Phi) is 11.5. The molecule has 1 aromatic carbocycles. The van der Waals surface area contributed by atoms with Gasteiger partial charge in [0.25, 0.3) is 0 Å². The highest BCUT2D eigenvalue weighted by molar-refractivity contribution is 14.0. The second-order valence-corrected chi connectivity index (χ2v) is 6.84. The molecule has 1 unspecified atom stereocenters. The molecule has 1 saturated heterocycles. The van der Waals surface area contributed by atoms with Crippen LogP contribution in [0.4, 0.5) is 5.69 Å². The van der Waals surface area contributed by atoms with Crippen molar-refractivity contribution < 1.29 is 4.74 Å². The molecular formula is C18H30BrIN4O. The Bertz CT molecular complexity index is 512. The third-order valence-corrected chi connectivity index (χ3v) is 4.60. The summed E-state index contributed by atoms with van der Waals surface area (Å²) in [6, 6.07) is 8.56. The summed E-state index contributed by atoms with van der Waals surface area (Å²) in [6.45, 7) is 10.3. The van der Waals surface area contributed by atoms with Crippen molar-refractivity contribution in [3.8, 4) is 0 Å². The largest absolute Gasteiger partial charge is 0.380 e. The molecular weight excluding hydrogens is 495 g/mol. The summed E-state index contributed by atoms with van der Waals surface area (Å²) >= 11 is 3.49. The average Bonchev–Trinajstić information content (AvgIpc) is 3.06. The standard InChI is InChI=1S/C18H29BrN4O.HI/c1-3-20-18(21-10-12-24-4-2)22-13-15-9-11-23(14-15)17-7-5-16(19)6-8-17;/h5-8,15H,3-4,9-14H2,1-2H3,(H2,20,21,22);1H. The number of ether oxygens (including phenoxy) is 1. The fourth-order valence-corrected chi connectivity index (χ4v) is 3.08. The van der Waals surface area contributed by atoms with Crippen LogP contribution in [0.3, 0.4) is 0 Å². The molecule has 2 N–H and O–H groups in total. The second kappa shape index (κ2) is 12.8. The highest BCUT2D eigenvalue weighted by atomic mass is 127. The van der Waals surface area contributed by atoms with Gasteiger partial charge < -0.3 is 20.3 Å². The van der Waals surface area contributed by atoms with E-state index in [-0.39, 0.29) is 24.0 Å². The first-order chi connectivity index (χ1) is 11.7. The van der Waals surface area contributed by atoms with E-state index in [4.69, 9.17) is 9.73 Å². The van der Waals surface area contributed by atoms with Crippen LogP contribution in [-0.2, 0) is 4.74 Å². The highest BCUT2D eigenvalue weighted by Crippen LogP contribution is 2.25. The number of aliphatic imine (C=N–C) groups is 1. The van der Waals surface area contributed by atoms with E-state index in [1.54, 1.807) is 0 Å². The van der Waals surface area contributed by atoms with Gasteiger partial charge in [-0.25, -0.2) is 0 Å². The van der Waals surface area contributed by atoms with E-state index >= 15 is 0 Å². The number of anilines is 1. The Morgan fingerprint density at radius 2 is 2.04 bits per heavy atom. The minimum absolute atomic E-state index is 0. The summed E-state index contributed by atoms with van der Waals surface area (Å²) in [5.41, 5.74) is 1.30. The van der Waals surface area contributed by atoms with Crippen LogP contribution in [0, 0.1) is 5.92 Å². The Labute approximate surface area is 177 Å². The third kappa shape index (κ3) is 8.13. The molecule has 25 heavy (non-hydrogen) atoms. The zero-order valence-corrected chi connectivity index (χ0v) is 19.0. The van der Waals surface area contributed by atoms with Gasteiger partial charge in [-0.1, -0.05) is 15.9 Å². The molecule has 0 radical (unpaired) electrons. The summed E-state index contributed by atoms with van der Waals surface area (Å²) in [5.74, 6) is 1.50. The molecule has 2 rings (SSSR count). The van der Waals surface area contributed by atoms with Gasteiger partial charge in [-0.05, 0) is 50.5 Å². The van der Waals surface area contributed by atoms with Gasteiger partial charge in [-0.2, -0.15) is 0 Å². The topological polar surface area (TPSA) is 48.9 Å². The summed E-state index contributed by atoms with van der Waals surface area (Å²) < 4.78 is 6.48. The van der Waals surface area contributed by atoms with Crippen molar-refractivity contribution >= 4 is 51.6 Å². The van der Waals surface area contributed by atoms with E-state index in [9.17, 15) is 0 Å². The van der Waals surface area contributed by atoms with Gasteiger partial charge in [-0.15, -0.1) is 24.0 Å². The Balaban J connectivity index is 0.00000312. The molecule has 5 nitrogen and oxygen atoms in total. The lowest BCUT2D eigenvalue weighted by Gasteiger charge is -2.18. The Morgan fingerprint density at radius 1 is 1.28 bits per heavy atom. The molecule has 1 aliphatic rings. The van der Waals surface area contributed by atoms with Gasteiger partial charge in [-0.3, -0.25) is 4.99 Å². The van der Waals surface area contributed by atoms with Crippen molar-refractivity contribution in [2.75, 3.05) is 50.8 Å². The number of benzene rings is 1. The summed E-state index contributed by atoms with van der Waals surface area (Å²) in [6.07, 6.45) is 1.19. The summed E-state index contributed by atoms with van der Waals surface area (Å²) in [5, 5.41) is 6.62. The van der Waals surface area contributed by atoms with Gasteiger partial charge in [0.15, 0.2) is 5.96 Å². The van der Waals surface area contributed by atoms with Gasteiger partial charge in [0, 0.05) is 49.5 Å². The van der Waals surface area contributed by atoms with E-state index in [1.165, 1.54) is 12.1 Å². The van der Waals surface area contributed by atoms with Crippen LogP contribution in [-0.4, -0.2) is 51.9 Å². The zero-order valence-electron chi connectivity index (χ0n) is 15.1. The Hall–Kier alpha value is -0.540. The first kappa shape index (κ1) is 22.5. The molecule has 0 aliphatic carbocycles. The van der Waals surface area contributed by atoms with Gasteiger partial charge >= 0.3 is 0 Å². The van der Waals surface area contributed by atoms with Crippen LogP contribution in [0.2, 0.25) is 0 Å². The van der Waals surface area contributed by atoms with E-state index < -0.39 is 0 Å². The monoisotopic (exact) mass is 524 g/mol. The van der Waals surface area contributed by atoms with Crippen LogP contribution in [0.15, 0.2) is 33.7 Å². The molecule has 0 bridgehead atoms. The number of nitrogens with one attached hydrogen (secondary N) is 2. The van der Waals surface area contributed by atoms with Crippen molar-refractivity contribution in [2.45, 2.75) is 20.3 Å². The maximum Gasteiger partial charge on any atom is 0.191 e. The van der Waals surface area contributed by atoms with Gasteiger partial charge in [0.1, 0.15) is 0 Å². The van der Waals surface area contributed by atoms with Crippen LogP contribution in [0.5, 0.6) is 0 Å². The summed E-state index contributed by atoms with van der Waals surface area (Å²) in [7, 11) is 0. The van der Waals surface area contributed by atoms with Crippen molar-refractivity contribution in [1.29, 1.82) is 0 Å². The predicted molar refractivity (Wildman–Crippen MR) is 120 cm³/mol. The molecule has 0 aromatic heterocycles. The maximum atomic E-state index is 5.36. The number of rotatable bonds is 8. The molecule has 7 heteroatoms. The Morgan fingerprint density at radius 3 is 2.72 bits per heavy atom. The minimum atomic E-state index is 0. The average molecular weight is 525 g/mol. The number of hydrogen-bond donors (Lipinski definition) is 2. The van der Waals surface area contributed by atoms with E-state index in [2.05, 4.69) is 62.7 Å². The molecule has 1 aliphatic heterocycles. The van der Waals surface area contributed by atoms with E-state index in [0.717, 1.165) is 49.8 Å². The SMILES string of the molecule is CCNC(=NCC1CCN(c2ccc(Br)cc2)C1)NCCOCC.I. The third-order valence-electron chi connectivity index (χ3n) is 4.07. The minimum Gasteiger partial charge on any atom is -0.380 e. The molecule has 1 atom stereocenters. The lowest BCUT2D eigenvalue weighted by molar-refractivity contribution is 0.152. The van der Waals surface area contributed by atoms with E-state index in [0.29, 0.717) is 12.5 Å². The lowest BCUT2D eigenvalue weighted by atomic mass is 10.1. The van der Waals surface area contributed by atoms with Crippen molar-refractivity contribution in [3.05, 3.63) is 28.7 Å². The van der Waals surface area contributed by atoms with Gasteiger partial charge in [0.05, 0.1) is 6.61 Å². The number of hydrogen-bond acceptors (Lipinski definition) is 3. The zero-order chi connectivity index (χ0) is 17.2. The first-order valence-corrected chi connectivity index (χ1v) is 9.62. The molecule has 0 amide bonds.